The van der Waals surface area contributed by atoms with Crippen molar-refractivity contribution in [2.24, 2.45) is 0 Å². The van der Waals surface area contributed by atoms with E-state index in [1.54, 1.807) is 0 Å². The van der Waals surface area contributed by atoms with E-state index in [0.717, 1.165) is 0 Å². The number of aromatic nitrogens is 1. The summed E-state index contributed by atoms with van der Waals surface area (Å²) in [7, 11) is 0. The summed E-state index contributed by atoms with van der Waals surface area (Å²) in [6.45, 7) is 8.98. The summed E-state index contributed by atoms with van der Waals surface area (Å²) in [5, 5.41) is 2.71. The molecule has 18 heavy (non-hydrogen) atoms. The van der Waals surface area contributed by atoms with Crippen LogP contribution in [0.15, 0.2) is 24.3 Å². The van der Waals surface area contributed by atoms with Gasteiger partial charge in [-0.25, -0.2) is 0 Å². The van der Waals surface area contributed by atoms with E-state index in [1.807, 2.05) is 11.3 Å². The minimum atomic E-state index is 0.553. The number of aromatic amines is 1. The maximum Gasteiger partial charge on any atom is 0.0637 e. The minimum absolute atomic E-state index is 0.553. The van der Waals surface area contributed by atoms with Crippen LogP contribution in [-0.4, -0.2) is 4.98 Å². The lowest BCUT2D eigenvalue weighted by molar-refractivity contribution is 0.837. The Bertz CT molecular complexity index is 639. The number of fused-ring (bicyclic) bond motifs is 3. The highest BCUT2D eigenvalue weighted by molar-refractivity contribution is 7.20. The first-order valence-electron chi connectivity index (χ1n) is 6.61. The summed E-state index contributed by atoms with van der Waals surface area (Å²) < 4.78 is 1.41. The first kappa shape index (κ1) is 11.8. The Labute approximate surface area is 112 Å². The van der Waals surface area contributed by atoms with Crippen LogP contribution in [0.3, 0.4) is 0 Å². The smallest absolute Gasteiger partial charge is 0.0637 e. The lowest BCUT2D eigenvalue weighted by atomic mass is 10.1. The Balaban J connectivity index is 2.30. The van der Waals surface area contributed by atoms with Gasteiger partial charge in [-0.1, -0.05) is 39.8 Å². The molecule has 0 aliphatic carbocycles. The molecule has 0 aliphatic rings. The van der Waals surface area contributed by atoms with Crippen LogP contribution in [0.1, 0.15) is 50.1 Å². The molecule has 0 atom stereocenters. The third kappa shape index (κ3) is 1.76. The van der Waals surface area contributed by atoms with Crippen molar-refractivity contribution in [3.05, 3.63) is 34.8 Å². The van der Waals surface area contributed by atoms with Gasteiger partial charge < -0.3 is 4.98 Å². The van der Waals surface area contributed by atoms with E-state index in [1.165, 1.54) is 31.6 Å². The van der Waals surface area contributed by atoms with Gasteiger partial charge in [0.05, 0.1) is 10.2 Å². The van der Waals surface area contributed by atoms with Crippen LogP contribution in [-0.2, 0) is 0 Å². The van der Waals surface area contributed by atoms with Crippen LogP contribution < -0.4 is 0 Å². The topological polar surface area (TPSA) is 15.8 Å². The number of hydrogen-bond donors (Lipinski definition) is 1. The largest absolute Gasteiger partial charge is 0.357 e. The molecule has 2 heteroatoms. The maximum atomic E-state index is 3.60. The second-order valence-electron chi connectivity index (χ2n) is 5.63. The normalized spacial score (nSPS) is 12.3. The van der Waals surface area contributed by atoms with Crippen LogP contribution >= 0.6 is 11.3 Å². The molecule has 0 spiro atoms. The van der Waals surface area contributed by atoms with Crippen LogP contribution in [0.2, 0.25) is 0 Å². The summed E-state index contributed by atoms with van der Waals surface area (Å²) in [6.07, 6.45) is 0. The van der Waals surface area contributed by atoms with Crippen molar-refractivity contribution in [2.75, 3.05) is 0 Å². The molecule has 0 saturated carbocycles. The van der Waals surface area contributed by atoms with Gasteiger partial charge in [0.15, 0.2) is 0 Å². The molecular weight excluding hydrogens is 238 g/mol. The van der Waals surface area contributed by atoms with E-state index in [4.69, 9.17) is 0 Å². The van der Waals surface area contributed by atoms with Crippen molar-refractivity contribution < 1.29 is 0 Å². The average molecular weight is 257 g/mol. The molecule has 0 saturated heterocycles. The Hall–Kier alpha value is -1.28. The van der Waals surface area contributed by atoms with E-state index in [9.17, 15) is 0 Å². The SMILES string of the molecule is CC(C)c1cc2ccc3cc(C(C)C)sc3c2[nH]1. The van der Waals surface area contributed by atoms with Gasteiger partial charge in [0.2, 0.25) is 0 Å². The number of H-pyrrole nitrogens is 1. The van der Waals surface area contributed by atoms with Crippen LogP contribution in [0.25, 0.3) is 21.0 Å². The molecule has 0 unspecified atom stereocenters. The molecule has 0 fully saturated rings. The third-order valence-electron chi connectivity index (χ3n) is 3.51. The molecule has 0 amide bonds. The van der Waals surface area contributed by atoms with Crippen molar-refractivity contribution in [1.82, 2.24) is 4.98 Å². The Kier molecular flexibility index (Phi) is 2.70. The second-order valence-corrected chi connectivity index (χ2v) is 6.71. The highest BCUT2D eigenvalue weighted by Gasteiger charge is 2.11. The van der Waals surface area contributed by atoms with Gasteiger partial charge in [-0.15, -0.1) is 11.3 Å². The van der Waals surface area contributed by atoms with Gasteiger partial charge in [-0.05, 0) is 29.4 Å². The number of nitrogens with one attached hydrogen (secondary N) is 1. The molecule has 0 bridgehead atoms. The molecule has 0 aliphatic heterocycles. The molecule has 3 aromatic rings. The van der Waals surface area contributed by atoms with Crippen molar-refractivity contribution in [2.45, 2.75) is 39.5 Å². The fraction of sp³-hybridized carbons (Fsp3) is 0.375. The van der Waals surface area contributed by atoms with Gasteiger partial charge in [0, 0.05) is 16.0 Å². The van der Waals surface area contributed by atoms with E-state index in [-0.39, 0.29) is 0 Å². The Morgan fingerprint density at radius 2 is 1.67 bits per heavy atom. The zero-order valence-electron chi connectivity index (χ0n) is 11.4. The van der Waals surface area contributed by atoms with Crippen molar-refractivity contribution >= 4 is 32.3 Å². The van der Waals surface area contributed by atoms with Crippen LogP contribution in [0, 0.1) is 0 Å². The molecule has 3 rings (SSSR count). The fourth-order valence-corrected chi connectivity index (χ4v) is 3.50. The Morgan fingerprint density at radius 3 is 2.33 bits per heavy atom. The van der Waals surface area contributed by atoms with Crippen LogP contribution in [0.5, 0.6) is 0 Å². The molecule has 2 heterocycles. The maximum absolute atomic E-state index is 3.60. The predicted octanol–water partition coefficient (Wildman–Crippen LogP) is 5.63. The number of benzene rings is 1. The van der Waals surface area contributed by atoms with Gasteiger partial charge in [-0.3, -0.25) is 0 Å². The van der Waals surface area contributed by atoms with Crippen LogP contribution in [0.4, 0.5) is 0 Å². The van der Waals surface area contributed by atoms with Gasteiger partial charge in [-0.2, -0.15) is 0 Å². The van der Waals surface area contributed by atoms with E-state index in [0.29, 0.717) is 11.8 Å². The summed E-state index contributed by atoms with van der Waals surface area (Å²) in [4.78, 5) is 5.07. The first-order chi connectivity index (χ1) is 8.56. The zero-order valence-corrected chi connectivity index (χ0v) is 12.2. The third-order valence-corrected chi connectivity index (χ3v) is 4.98. The number of hydrogen-bond acceptors (Lipinski definition) is 1. The first-order valence-corrected chi connectivity index (χ1v) is 7.43. The fourth-order valence-electron chi connectivity index (χ4n) is 2.33. The quantitative estimate of drug-likeness (QED) is 0.612. The highest BCUT2D eigenvalue weighted by atomic mass is 32.1. The summed E-state index contributed by atoms with van der Waals surface area (Å²) in [5.41, 5.74) is 2.64. The molecule has 94 valence electrons. The van der Waals surface area contributed by atoms with E-state index < -0.39 is 0 Å². The van der Waals surface area contributed by atoms with Gasteiger partial charge >= 0.3 is 0 Å². The molecule has 0 radical (unpaired) electrons. The summed E-state index contributed by atoms with van der Waals surface area (Å²) in [5.74, 6) is 1.16. The van der Waals surface area contributed by atoms with E-state index >= 15 is 0 Å². The number of thiophene rings is 1. The Morgan fingerprint density at radius 1 is 0.944 bits per heavy atom. The summed E-state index contributed by atoms with van der Waals surface area (Å²) >= 11 is 1.93. The predicted molar refractivity (Wildman–Crippen MR) is 81.9 cm³/mol. The van der Waals surface area contributed by atoms with Crippen molar-refractivity contribution in [3.8, 4) is 0 Å². The molecule has 1 nitrogen and oxygen atoms in total. The minimum Gasteiger partial charge on any atom is -0.357 e. The molecule has 1 aromatic carbocycles. The number of rotatable bonds is 2. The van der Waals surface area contributed by atoms with E-state index in [2.05, 4.69) is 56.9 Å². The van der Waals surface area contributed by atoms with Crippen molar-refractivity contribution in [1.29, 1.82) is 0 Å². The van der Waals surface area contributed by atoms with Crippen molar-refractivity contribution in [3.63, 3.8) is 0 Å². The zero-order chi connectivity index (χ0) is 12.9. The average Bonchev–Trinajstić information content (AvgIpc) is 2.91. The lowest BCUT2D eigenvalue weighted by Gasteiger charge is -1.98. The summed E-state index contributed by atoms with van der Waals surface area (Å²) in [6, 6.07) is 9.10. The molecular formula is C16H19NS. The monoisotopic (exact) mass is 257 g/mol. The molecule has 1 N–H and O–H groups in total. The lowest BCUT2D eigenvalue weighted by Crippen LogP contribution is -1.84. The second kappa shape index (κ2) is 4.13. The van der Waals surface area contributed by atoms with Gasteiger partial charge in [0.1, 0.15) is 0 Å². The molecule has 2 aromatic heterocycles. The highest BCUT2D eigenvalue weighted by Crippen LogP contribution is 2.36. The van der Waals surface area contributed by atoms with Gasteiger partial charge in [0.25, 0.3) is 0 Å². The standard InChI is InChI=1S/C16H19NS/c1-9(2)13-7-11-5-6-12-8-14(10(3)4)18-16(12)15(11)17-13/h5-10,17H,1-4H3.